The van der Waals surface area contributed by atoms with Crippen LogP contribution in [0.3, 0.4) is 0 Å². The molecule has 2 fully saturated rings. The van der Waals surface area contributed by atoms with E-state index in [9.17, 15) is 4.21 Å². The maximum absolute atomic E-state index is 11.3. The Hall–Kier alpha value is 0.0300. The number of hydrogen-bond acceptors (Lipinski definition) is 4. The van der Waals surface area contributed by atoms with E-state index < -0.39 is 10.8 Å². The highest BCUT2D eigenvalue weighted by molar-refractivity contribution is 7.85. The average Bonchev–Trinajstić information content (AvgIpc) is 2.77. The van der Waals surface area contributed by atoms with Crippen molar-refractivity contribution in [3.8, 4) is 0 Å². The average molecular weight is 260 g/mol. The van der Waals surface area contributed by atoms with E-state index >= 15 is 0 Å². The molecule has 0 saturated carbocycles. The van der Waals surface area contributed by atoms with Crippen LogP contribution in [0.1, 0.15) is 19.8 Å². The zero-order valence-corrected chi connectivity index (χ0v) is 11.5. The van der Waals surface area contributed by atoms with Gasteiger partial charge in [-0.25, -0.2) is 0 Å². The van der Waals surface area contributed by atoms with Crippen LogP contribution in [0.25, 0.3) is 0 Å². The van der Waals surface area contributed by atoms with Gasteiger partial charge in [0.2, 0.25) is 0 Å². The second kappa shape index (κ2) is 6.83. The maximum atomic E-state index is 11.3. The van der Waals surface area contributed by atoms with Crippen LogP contribution in [-0.2, 0) is 15.5 Å². The predicted octanol–water partition coefficient (Wildman–Crippen LogP) is 0.208. The zero-order chi connectivity index (χ0) is 12.1. The Bertz CT molecular complexity index is 253. The lowest BCUT2D eigenvalue weighted by molar-refractivity contribution is 0.0252. The summed E-state index contributed by atoms with van der Waals surface area (Å²) in [5.74, 6) is 1.68. The molecular weight excluding hydrogens is 236 g/mol. The predicted molar refractivity (Wildman–Crippen MR) is 70.8 cm³/mol. The minimum atomic E-state index is -0.568. The van der Waals surface area contributed by atoms with Crippen molar-refractivity contribution in [1.29, 1.82) is 0 Å². The molecule has 100 valence electrons. The summed E-state index contributed by atoms with van der Waals surface area (Å²) in [6, 6.07) is 0. The Morgan fingerprint density at radius 2 is 2.00 bits per heavy atom. The third-order valence-corrected chi connectivity index (χ3v) is 4.83. The molecule has 2 unspecified atom stereocenters. The minimum absolute atomic E-state index is 0.394. The quantitative estimate of drug-likeness (QED) is 0.767. The van der Waals surface area contributed by atoms with Crippen LogP contribution in [-0.4, -0.2) is 65.5 Å². The molecule has 2 heterocycles. The van der Waals surface area contributed by atoms with Gasteiger partial charge in [0.15, 0.2) is 0 Å². The molecule has 0 amide bonds. The van der Waals surface area contributed by atoms with Gasteiger partial charge in [-0.2, -0.15) is 0 Å². The number of nitrogens with zero attached hydrogens (tertiary/aromatic N) is 1. The zero-order valence-electron chi connectivity index (χ0n) is 10.7. The summed E-state index contributed by atoms with van der Waals surface area (Å²) >= 11 is 0. The molecule has 0 aromatic carbocycles. The second-order valence-corrected chi connectivity index (χ2v) is 6.61. The summed E-state index contributed by atoms with van der Waals surface area (Å²) in [6.07, 6.45) is 3.15. The molecule has 2 aliphatic heterocycles. The summed E-state index contributed by atoms with van der Waals surface area (Å²) in [7, 11) is -0.568. The van der Waals surface area contributed by atoms with Gasteiger partial charge in [0.25, 0.3) is 0 Å². The molecule has 2 rings (SSSR count). The Morgan fingerprint density at radius 3 is 2.71 bits per heavy atom. The summed E-state index contributed by atoms with van der Waals surface area (Å²) < 4.78 is 17.3. The van der Waals surface area contributed by atoms with Gasteiger partial charge in [-0.15, -0.1) is 0 Å². The van der Waals surface area contributed by atoms with Crippen LogP contribution in [0.5, 0.6) is 0 Å². The molecule has 0 bridgehead atoms. The minimum Gasteiger partial charge on any atom is -0.372 e. The molecule has 5 heteroatoms. The summed E-state index contributed by atoms with van der Waals surface area (Å²) in [6.45, 7) is 7.11. The fourth-order valence-electron chi connectivity index (χ4n) is 2.52. The normalized spacial score (nSPS) is 32.1. The number of ether oxygens (including phenoxy) is 1. The molecule has 4 nitrogen and oxygen atoms in total. The smallest absolute Gasteiger partial charge is 0.0707 e. The monoisotopic (exact) mass is 260 g/mol. The molecule has 1 N–H and O–H groups in total. The topological polar surface area (TPSA) is 41.6 Å². The third-order valence-electron chi connectivity index (χ3n) is 3.55. The van der Waals surface area contributed by atoms with Crippen LogP contribution in [0, 0.1) is 0 Å². The van der Waals surface area contributed by atoms with E-state index in [2.05, 4.69) is 17.1 Å². The first-order valence-electron chi connectivity index (χ1n) is 6.71. The first-order chi connectivity index (χ1) is 8.28. The Labute approximate surface area is 107 Å². The fraction of sp³-hybridized carbons (Fsp3) is 1.00. The van der Waals surface area contributed by atoms with Crippen molar-refractivity contribution in [2.24, 2.45) is 0 Å². The Kier molecular flexibility index (Phi) is 5.41. The highest BCUT2D eigenvalue weighted by Gasteiger charge is 2.27. The Morgan fingerprint density at radius 1 is 1.29 bits per heavy atom. The van der Waals surface area contributed by atoms with E-state index in [1.165, 1.54) is 12.8 Å². The molecular formula is C12H24N2O2S. The van der Waals surface area contributed by atoms with Crippen molar-refractivity contribution < 1.29 is 8.95 Å². The number of hydrogen-bond donors (Lipinski definition) is 1. The van der Waals surface area contributed by atoms with E-state index in [0.717, 1.165) is 44.2 Å². The molecule has 0 aliphatic carbocycles. The van der Waals surface area contributed by atoms with Crippen molar-refractivity contribution in [2.75, 3.05) is 44.2 Å². The van der Waals surface area contributed by atoms with Gasteiger partial charge in [-0.1, -0.05) is 6.92 Å². The van der Waals surface area contributed by atoms with E-state index in [1.807, 2.05) is 0 Å². The Balaban J connectivity index is 1.65. The molecule has 17 heavy (non-hydrogen) atoms. The van der Waals surface area contributed by atoms with Crippen LogP contribution in [0.4, 0.5) is 0 Å². The molecule has 0 radical (unpaired) electrons. The molecule has 0 aromatic heterocycles. The highest BCUT2D eigenvalue weighted by Crippen LogP contribution is 2.20. The van der Waals surface area contributed by atoms with Crippen molar-refractivity contribution in [3.63, 3.8) is 0 Å². The van der Waals surface area contributed by atoms with Crippen LogP contribution >= 0.6 is 0 Å². The van der Waals surface area contributed by atoms with Crippen LogP contribution in [0.2, 0.25) is 0 Å². The summed E-state index contributed by atoms with van der Waals surface area (Å²) in [4.78, 5) is 2.40. The third kappa shape index (κ3) is 4.32. The lowest BCUT2D eigenvalue weighted by Crippen LogP contribution is -2.42. The number of likely N-dealkylation sites (N-methyl/N-ethyl adjacent to an activating group) is 1. The van der Waals surface area contributed by atoms with E-state index in [-0.39, 0.29) is 0 Å². The fourth-order valence-corrected chi connectivity index (χ4v) is 3.64. The van der Waals surface area contributed by atoms with Gasteiger partial charge in [0, 0.05) is 48.5 Å². The largest absolute Gasteiger partial charge is 0.372 e. The first-order valence-corrected chi connectivity index (χ1v) is 8.20. The molecule has 2 saturated heterocycles. The SMILES string of the molecule is CCNCC1CCC(CN2CCS(=O)CC2)O1. The standard InChI is InChI=1S/C12H24N2O2S/c1-2-13-9-11-3-4-12(16-11)10-14-5-7-17(15)8-6-14/h11-13H,2-10H2,1H3. The lowest BCUT2D eigenvalue weighted by Gasteiger charge is -2.28. The van der Waals surface area contributed by atoms with Crippen molar-refractivity contribution in [1.82, 2.24) is 10.2 Å². The van der Waals surface area contributed by atoms with Crippen LogP contribution in [0.15, 0.2) is 0 Å². The van der Waals surface area contributed by atoms with Crippen molar-refractivity contribution in [3.05, 3.63) is 0 Å². The van der Waals surface area contributed by atoms with Gasteiger partial charge in [0.1, 0.15) is 0 Å². The van der Waals surface area contributed by atoms with Gasteiger partial charge in [0.05, 0.1) is 12.2 Å². The van der Waals surface area contributed by atoms with Gasteiger partial charge >= 0.3 is 0 Å². The number of nitrogens with one attached hydrogen (secondary N) is 1. The summed E-state index contributed by atoms with van der Waals surface area (Å²) in [5.41, 5.74) is 0. The van der Waals surface area contributed by atoms with Gasteiger partial charge < -0.3 is 10.1 Å². The molecule has 0 spiro atoms. The second-order valence-electron chi connectivity index (χ2n) is 4.91. The van der Waals surface area contributed by atoms with Gasteiger partial charge in [-0.05, 0) is 19.4 Å². The molecule has 2 atom stereocenters. The number of rotatable bonds is 5. The van der Waals surface area contributed by atoms with E-state index in [4.69, 9.17) is 4.74 Å². The first kappa shape index (κ1) is 13.5. The lowest BCUT2D eigenvalue weighted by atomic mass is 10.2. The van der Waals surface area contributed by atoms with Crippen molar-refractivity contribution in [2.45, 2.75) is 32.0 Å². The van der Waals surface area contributed by atoms with Crippen LogP contribution < -0.4 is 5.32 Å². The molecule has 2 aliphatic rings. The van der Waals surface area contributed by atoms with E-state index in [0.29, 0.717) is 12.2 Å². The van der Waals surface area contributed by atoms with Crippen molar-refractivity contribution >= 4 is 10.8 Å². The summed E-state index contributed by atoms with van der Waals surface area (Å²) in [5, 5.41) is 3.34. The maximum Gasteiger partial charge on any atom is 0.0707 e. The van der Waals surface area contributed by atoms with Gasteiger partial charge in [-0.3, -0.25) is 9.11 Å². The highest BCUT2D eigenvalue weighted by atomic mass is 32.2. The molecule has 0 aromatic rings. The van der Waals surface area contributed by atoms with E-state index in [1.54, 1.807) is 0 Å².